The van der Waals surface area contributed by atoms with E-state index in [-0.39, 0.29) is 0 Å². The van der Waals surface area contributed by atoms with Crippen LogP contribution < -0.4 is 0 Å². The van der Waals surface area contributed by atoms with Gasteiger partial charge in [-0.2, -0.15) is 0 Å². The first-order valence-electron chi connectivity index (χ1n) is 5.54. The van der Waals surface area contributed by atoms with Gasteiger partial charge < -0.3 is 0 Å². The summed E-state index contributed by atoms with van der Waals surface area (Å²) in [6, 6.07) is 0. The van der Waals surface area contributed by atoms with Crippen LogP contribution in [-0.2, 0) is 0 Å². The third-order valence-corrected chi connectivity index (χ3v) is 3.92. The molecule has 1 rings (SSSR count). The molecule has 1 aliphatic rings. The number of hydrogen-bond donors (Lipinski definition) is 0. The predicted molar refractivity (Wildman–Crippen MR) is 60.3 cm³/mol. The molecule has 0 N–H and O–H groups in total. The molecule has 0 saturated heterocycles. The molecule has 0 nitrogen and oxygen atoms in total. The molecule has 0 aliphatic heterocycles. The minimum absolute atomic E-state index is 0.474. The normalized spacial score (nSPS) is 22.2. The van der Waals surface area contributed by atoms with Gasteiger partial charge in [0.2, 0.25) is 0 Å². The molecule has 1 fully saturated rings. The summed E-state index contributed by atoms with van der Waals surface area (Å²) in [6.07, 6.45) is 8.19. The molecular formula is C12H23Cl. The highest BCUT2D eigenvalue weighted by atomic mass is 35.5. The summed E-state index contributed by atoms with van der Waals surface area (Å²) in [6.45, 7) is 6.97. The van der Waals surface area contributed by atoms with Crippen LogP contribution in [-0.4, -0.2) is 5.88 Å². The predicted octanol–water partition coefficient (Wildman–Crippen LogP) is 4.61. The van der Waals surface area contributed by atoms with Crippen molar-refractivity contribution in [1.29, 1.82) is 0 Å². The summed E-state index contributed by atoms with van der Waals surface area (Å²) >= 11 is 6.09. The van der Waals surface area contributed by atoms with Crippen molar-refractivity contribution in [3.8, 4) is 0 Å². The van der Waals surface area contributed by atoms with E-state index in [1.54, 1.807) is 0 Å². The van der Waals surface area contributed by atoms with Crippen LogP contribution in [0.3, 0.4) is 0 Å². The van der Waals surface area contributed by atoms with Gasteiger partial charge >= 0.3 is 0 Å². The summed E-state index contributed by atoms with van der Waals surface area (Å²) in [5, 5.41) is 0. The van der Waals surface area contributed by atoms with Gasteiger partial charge in [-0.15, -0.1) is 11.6 Å². The Morgan fingerprint density at radius 3 is 2.08 bits per heavy atom. The summed E-state index contributed by atoms with van der Waals surface area (Å²) in [7, 11) is 0. The standard InChI is InChI=1S/C12H23Cl/c1-11(2,3)8-9-12(10-13)6-4-5-7-12/h4-10H2,1-3H3. The van der Waals surface area contributed by atoms with E-state index in [9.17, 15) is 0 Å². The van der Waals surface area contributed by atoms with E-state index < -0.39 is 0 Å². The number of halogens is 1. The molecule has 0 amide bonds. The zero-order valence-electron chi connectivity index (χ0n) is 9.33. The Bertz CT molecular complexity index is 149. The lowest BCUT2D eigenvalue weighted by Crippen LogP contribution is -2.21. The highest BCUT2D eigenvalue weighted by Crippen LogP contribution is 2.44. The van der Waals surface area contributed by atoms with Gasteiger partial charge in [-0.25, -0.2) is 0 Å². The summed E-state index contributed by atoms with van der Waals surface area (Å²) in [5.74, 6) is 0.878. The van der Waals surface area contributed by atoms with Gasteiger partial charge in [-0.1, -0.05) is 33.6 Å². The van der Waals surface area contributed by atoms with Gasteiger partial charge in [0.15, 0.2) is 0 Å². The maximum Gasteiger partial charge on any atom is 0.0280 e. The van der Waals surface area contributed by atoms with E-state index in [4.69, 9.17) is 11.6 Å². The molecule has 0 aromatic heterocycles. The van der Waals surface area contributed by atoms with Crippen LogP contribution in [0.2, 0.25) is 0 Å². The van der Waals surface area contributed by atoms with E-state index in [0.29, 0.717) is 10.8 Å². The molecule has 0 unspecified atom stereocenters. The Hall–Kier alpha value is 0.290. The van der Waals surface area contributed by atoms with E-state index in [2.05, 4.69) is 20.8 Å². The second-order valence-electron chi connectivity index (χ2n) is 5.90. The monoisotopic (exact) mass is 202 g/mol. The number of alkyl halides is 1. The molecule has 0 bridgehead atoms. The lowest BCUT2D eigenvalue weighted by molar-refractivity contribution is 0.244. The third-order valence-electron chi connectivity index (χ3n) is 3.35. The molecule has 1 heteroatoms. The second-order valence-corrected chi connectivity index (χ2v) is 6.17. The topological polar surface area (TPSA) is 0 Å². The first-order valence-corrected chi connectivity index (χ1v) is 6.07. The molecule has 1 aliphatic carbocycles. The second kappa shape index (κ2) is 4.21. The van der Waals surface area contributed by atoms with Crippen LogP contribution in [0, 0.1) is 10.8 Å². The zero-order chi connectivity index (χ0) is 9.95. The highest BCUT2D eigenvalue weighted by molar-refractivity contribution is 6.18. The van der Waals surface area contributed by atoms with Gasteiger partial charge in [0, 0.05) is 5.88 Å². The van der Waals surface area contributed by atoms with Crippen molar-refractivity contribution in [2.24, 2.45) is 10.8 Å². The quantitative estimate of drug-likeness (QED) is 0.587. The Balaban J connectivity index is 2.40. The molecule has 0 atom stereocenters. The minimum atomic E-state index is 0.474. The van der Waals surface area contributed by atoms with Crippen LogP contribution in [0.25, 0.3) is 0 Å². The molecule has 0 radical (unpaired) electrons. The summed E-state index contributed by atoms with van der Waals surface area (Å²) in [4.78, 5) is 0. The number of rotatable bonds is 3. The van der Waals surface area contributed by atoms with Crippen molar-refractivity contribution in [2.75, 3.05) is 5.88 Å². The van der Waals surface area contributed by atoms with E-state index in [0.717, 1.165) is 5.88 Å². The third kappa shape index (κ3) is 3.50. The van der Waals surface area contributed by atoms with Crippen LogP contribution >= 0.6 is 11.6 Å². The molecule has 0 aromatic rings. The number of hydrogen-bond acceptors (Lipinski definition) is 0. The lowest BCUT2D eigenvalue weighted by Gasteiger charge is -2.30. The maximum atomic E-state index is 6.09. The lowest BCUT2D eigenvalue weighted by atomic mass is 9.78. The molecule has 0 aromatic carbocycles. The maximum absolute atomic E-state index is 6.09. The van der Waals surface area contributed by atoms with Crippen molar-refractivity contribution in [3.05, 3.63) is 0 Å². The highest BCUT2D eigenvalue weighted by Gasteiger charge is 2.33. The van der Waals surface area contributed by atoms with Crippen molar-refractivity contribution in [2.45, 2.75) is 59.3 Å². The average Bonchev–Trinajstić information content (AvgIpc) is 2.49. The van der Waals surface area contributed by atoms with Crippen molar-refractivity contribution in [3.63, 3.8) is 0 Å². The minimum Gasteiger partial charge on any atom is -0.126 e. The van der Waals surface area contributed by atoms with E-state index in [1.807, 2.05) is 0 Å². The molecule has 78 valence electrons. The van der Waals surface area contributed by atoms with Crippen LogP contribution in [0.5, 0.6) is 0 Å². The van der Waals surface area contributed by atoms with Gasteiger partial charge in [-0.3, -0.25) is 0 Å². The van der Waals surface area contributed by atoms with Crippen molar-refractivity contribution in [1.82, 2.24) is 0 Å². The Morgan fingerprint density at radius 2 is 1.69 bits per heavy atom. The largest absolute Gasteiger partial charge is 0.126 e. The fourth-order valence-corrected chi connectivity index (χ4v) is 2.62. The van der Waals surface area contributed by atoms with Crippen LogP contribution in [0.1, 0.15) is 59.3 Å². The fourth-order valence-electron chi connectivity index (χ4n) is 2.22. The molecular weight excluding hydrogens is 180 g/mol. The Kier molecular flexibility index (Phi) is 3.68. The van der Waals surface area contributed by atoms with Crippen molar-refractivity contribution < 1.29 is 0 Å². The van der Waals surface area contributed by atoms with Crippen LogP contribution in [0.4, 0.5) is 0 Å². The Labute approximate surface area is 88.1 Å². The molecule has 0 spiro atoms. The summed E-state index contributed by atoms with van der Waals surface area (Å²) in [5.41, 5.74) is 0.983. The van der Waals surface area contributed by atoms with Crippen molar-refractivity contribution >= 4 is 11.6 Å². The fraction of sp³-hybridized carbons (Fsp3) is 1.00. The van der Waals surface area contributed by atoms with Gasteiger partial charge in [0.25, 0.3) is 0 Å². The Morgan fingerprint density at radius 1 is 1.15 bits per heavy atom. The van der Waals surface area contributed by atoms with E-state index >= 15 is 0 Å². The first-order chi connectivity index (χ1) is 5.97. The SMILES string of the molecule is CC(C)(C)CCC1(CCl)CCCC1. The summed E-state index contributed by atoms with van der Waals surface area (Å²) < 4.78 is 0. The average molecular weight is 203 g/mol. The smallest absolute Gasteiger partial charge is 0.0280 e. The van der Waals surface area contributed by atoms with E-state index in [1.165, 1.54) is 38.5 Å². The van der Waals surface area contributed by atoms with Crippen LogP contribution in [0.15, 0.2) is 0 Å². The molecule has 1 saturated carbocycles. The first kappa shape index (κ1) is 11.4. The van der Waals surface area contributed by atoms with Gasteiger partial charge in [0.1, 0.15) is 0 Å². The van der Waals surface area contributed by atoms with Gasteiger partial charge in [-0.05, 0) is 36.5 Å². The molecule has 0 heterocycles. The van der Waals surface area contributed by atoms with Gasteiger partial charge in [0.05, 0.1) is 0 Å². The molecule has 13 heavy (non-hydrogen) atoms. The zero-order valence-corrected chi connectivity index (χ0v) is 10.1.